The summed E-state index contributed by atoms with van der Waals surface area (Å²) in [6, 6.07) is 0. The van der Waals surface area contributed by atoms with Crippen LogP contribution in [0.25, 0.3) is 0 Å². The molecule has 4 rings (SSSR count). The molecule has 0 spiro atoms. The van der Waals surface area contributed by atoms with Crippen LogP contribution in [0.3, 0.4) is 0 Å². The first-order chi connectivity index (χ1) is 9.52. The molecule has 0 amide bonds. The molecule has 0 radical (unpaired) electrons. The van der Waals surface area contributed by atoms with Gasteiger partial charge in [0.2, 0.25) is 0 Å². The number of fused-ring (bicyclic) bond motifs is 1. The van der Waals surface area contributed by atoms with Crippen LogP contribution < -0.4 is 0 Å². The molecule has 0 saturated heterocycles. The van der Waals surface area contributed by atoms with Gasteiger partial charge in [0.25, 0.3) is 0 Å². The monoisotopic (exact) mass is 286 g/mol. The summed E-state index contributed by atoms with van der Waals surface area (Å²) in [5.74, 6) is -0.955. The van der Waals surface area contributed by atoms with Crippen LogP contribution in [0.4, 0.5) is 0 Å². The van der Waals surface area contributed by atoms with Crippen LogP contribution in [0.1, 0.15) is 41.5 Å². The molecule has 3 nitrogen and oxygen atoms in total. The molecule has 4 aliphatic carbocycles. The molecule has 0 aromatic rings. The van der Waals surface area contributed by atoms with E-state index in [1.54, 1.807) is 0 Å². The normalized spacial score (nSPS) is 44.4. The average Bonchev–Trinajstić information content (AvgIpc) is 2.42. The van der Waals surface area contributed by atoms with E-state index in [0.29, 0.717) is 0 Å². The van der Waals surface area contributed by atoms with E-state index in [0.717, 1.165) is 11.1 Å². The van der Waals surface area contributed by atoms with Crippen molar-refractivity contribution in [2.45, 2.75) is 41.5 Å². The van der Waals surface area contributed by atoms with Gasteiger partial charge in [0.1, 0.15) is 5.78 Å². The van der Waals surface area contributed by atoms with Gasteiger partial charge < -0.3 is 0 Å². The second kappa shape index (κ2) is 3.63. The zero-order valence-corrected chi connectivity index (χ0v) is 13.5. The van der Waals surface area contributed by atoms with Gasteiger partial charge in [-0.25, -0.2) is 0 Å². The fourth-order valence-electron chi connectivity index (χ4n) is 5.24. The highest BCUT2D eigenvalue weighted by molar-refractivity contribution is 6.14. The Morgan fingerprint density at radius 3 is 1.81 bits per heavy atom. The van der Waals surface area contributed by atoms with Gasteiger partial charge in [-0.3, -0.25) is 14.4 Å². The first kappa shape index (κ1) is 14.4. The number of allylic oxidation sites excluding steroid dienone is 4. The Labute approximate surface area is 125 Å². The van der Waals surface area contributed by atoms with E-state index >= 15 is 0 Å². The Kier molecular flexibility index (Phi) is 2.49. The number of carbonyl (C=O) groups excluding carboxylic acids is 3. The van der Waals surface area contributed by atoms with Gasteiger partial charge in [-0.05, 0) is 32.9 Å². The molecular weight excluding hydrogens is 264 g/mol. The summed E-state index contributed by atoms with van der Waals surface area (Å²) in [7, 11) is 0. The van der Waals surface area contributed by atoms with Crippen LogP contribution >= 0.6 is 0 Å². The van der Waals surface area contributed by atoms with Gasteiger partial charge in [0.05, 0.1) is 5.41 Å². The highest BCUT2D eigenvalue weighted by Gasteiger charge is 2.73. The Hall–Kier alpha value is -1.51. The minimum atomic E-state index is -0.854. The van der Waals surface area contributed by atoms with Crippen molar-refractivity contribution >= 4 is 17.3 Å². The quantitative estimate of drug-likeness (QED) is 0.643. The molecule has 112 valence electrons. The summed E-state index contributed by atoms with van der Waals surface area (Å²) in [5, 5.41) is 0. The van der Waals surface area contributed by atoms with E-state index in [1.165, 1.54) is 12.2 Å². The molecule has 2 bridgehead atoms. The molecule has 3 heteroatoms. The molecule has 0 aliphatic heterocycles. The van der Waals surface area contributed by atoms with E-state index in [4.69, 9.17) is 0 Å². The number of carbonyl (C=O) groups is 3. The van der Waals surface area contributed by atoms with Gasteiger partial charge in [-0.2, -0.15) is 0 Å². The van der Waals surface area contributed by atoms with Crippen molar-refractivity contribution in [1.29, 1.82) is 0 Å². The second-order valence-corrected chi connectivity index (χ2v) is 7.70. The molecule has 4 atom stereocenters. The summed E-state index contributed by atoms with van der Waals surface area (Å²) in [5.41, 5.74) is -0.00535. The smallest absolute Gasteiger partial charge is 0.160 e. The van der Waals surface area contributed by atoms with Crippen molar-refractivity contribution in [3.05, 3.63) is 23.3 Å². The van der Waals surface area contributed by atoms with E-state index < -0.39 is 28.1 Å². The van der Waals surface area contributed by atoms with Crippen LogP contribution in [0, 0.1) is 28.1 Å². The maximum absolute atomic E-state index is 13.2. The second-order valence-electron chi connectivity index (χ2n) is 7.70. The van der Waals surface area contributed by atoms with Gasteiger partial charge in [0, 0.05) is 22.7 Å². The molecule has 0 aromatic carbocycles. The zero-order valence-electron chi connectivity index (χ0n) is 13.5. The molecule has 0 heterocycles. The number of Topliss-reactive ketones (excluding diaryl/α,β-unsaturated/α-hetero) is 1. The van der Waals surface area contributed by atoms with Crippen LogP contribution in [0.2, 0.25) is 0 Å². The molecule has 4 unspecified atom stereocenters. The van der Waals surface area contributed by atoms with Crippen molar-refractivity contribution < 1.29 is 14.4 Å². The predicted octanol–water partition coefficient (Wildman–Crippen LogP) is 2.90. The molecule has 4 aliphatic rings. The summed E-state index contributed by atoms with van der Waals surface area (Å²) in [6.45, 7) is 11.7. The van der Waals surface area contributed by atoms with Crippen LogP contribution in [-0.2, 0) is 14.4 Å². The van der Waals surface area contributed by atoms with Crippen molar-refractivity contribution in [1.82, 2.24) is 0 Å². The number of hydrogen-bond donors (Lipinski definition) is 0. The van der Waals surface area contributed by atoms with E-state index in [9.17, 15) is 14.4 Å². The predicted molar refractivity (Wildman–Crippen MR) is 79.5 cm³/mol. The largest absolute Gasteiger partial charge is 0.298 e. The molecule has 21 heavy (non-hydrogen) atoms. The number of ketones is 3. The molecular formula is C18H22O3. The number of hydrogen-bond acceptors (Lipinski definition) is 3. The van der Waals surface area contributed by atoms with Gasteiger partial charge in [-0.15, -0.1) is 0 Å². The van der Waals surface area contributed by atoms with E-state index in [1.807, 2.05) is 41.5 Å². The lowest BCUT2D eigenvalue weighted by atomic mass is 9.34. The van der Waals surface area contributed by atoms with Crippen LogP contribution in [-0.4, -0.2) is 17.3 Å². The first-order valence-electron chi connectivity index (χ1n) is 7.51. The van der Waals surface area contributed by atoms with Gasteiger partial charge in [-0.1, -0.05) is 31.9 Å². The third-order valence-electron chi connectivity index (χ3n) is 7.06. The highest BCUT2D eigenvalue weighted by atomic mass is 16.1. The number of rotatable bonds is 0. The maximum Gasteiger partial charge on any atom is 0.160 e. The Bertz CT molecular complexity index is 664. The van der Waals surface area contributed by atoms with Crippen molar-refractivity contribution in [3.63, 3.8) is 0 Å². The van der Waals surface area contributed by atoms with Crippen molar-refractivity contribution in [3.8, 4) is 0 Å². The first-order valence-corrected chi connectivity index (χ1v) is 7.51. The Morgan fingerprint density at radius 2 is 1.29 bits per heavy atom. The highest BCUT2D eigenvalue weighted by Crippen LogP contribution is 2.70. The van der Waals surface area contributed by atoms with Gasteiger partial charge in [0.15, 0.2) is 11.6 Å². The lowest BCUT2D eigenvalue weighted by Gasteiger charge is -2.65. The molecule has 1 fully saturated rings. The Balaban J connectivity index is 2.45. The van der Waals surface area contributed by atoms with Crippen molar-refractivity contribution in [2.24, 2.45) is 28.1 Å². The minimum absolute atomic E-state index is 0.0132. The standard InChI is InChI=1S/C18H22O3/c1-9-10(2)18(6)14-12(20)8-7-11(19)13(14)17(9,5)15(21)16(18,3)4/h7-8,13-14H,1-6H3. The van der Waals surface area contributed by atoms with Crippen molar-refractivity contribution in [2.75, 3.05) is 0 Å². The zero-order chi connectivity index (χ0) is 16.0. The lowest BCUT2D eigenvalue weighted by Crippen LogP contribution is -2.70. The third-order valence-corrected chi connectivity index (χ3v) is 7.06. The van der Waals surface area contributed by atoms with Crippen LogP contribution in [0.5, 0.6) is 0 Å². The lowest BCUT2D eigenvalue weighted by molar-refractivity contribution is -0.174. The summed E-state index contributed by atoms with van der Waals surface area (Å²) < 4.78 is 0. The van der Waals surface area contributed by atoms with Crippen LogP contribution in [0.15, 0.2) is 23.3 Å². The fraction of sp³-hybridized carbons (Fsp3) is 0.611. The van der Waals surface area contributed by atoms with E-state index in [2.05, 4.69) is 0 Å². The third kappa shape index (κ3) is 1.21. The summed E-state index contributed by atoms with van der Waals surface area (Å²) in [6.07, 6.45) is 2.77. The summed E-state index contributed by atoms with van der Waals surface area (Å²) >= 11 is 0. The van der Waals surface area contributed by atoms with Gasteiger partial charge >= 0.3 is 0 Å². The Morgan fingerprint density at radius 1 is 0.810 bits per heavy atom. The summed E-state index contributed by atoms with van der Waals surface area (Å²) in [4.78, 5) is 38.3. The molecule has 0 aromatic heterocycles. The fourth-order valence-corrected chi connectivity index (χ4v) is 5.24. The average molecular weight is 286 g/mol. The maximum atomic E-state index is 13.2. The van der Waals surface area contributed by atoms with E-state index in [-0.39, 0.29) is 17.3 Å². The molecule has 1 saturated carbocycles. The topological polar surface area (TPSA) is 51.2 Å². The molecule has 0 N–H and O–H groups in total. The SMILES string of the molecule is CC1=C(C)C2(C)C3C(=O)C=CC(=O)C3C1(C)C(=O)C2(C)C. The minimum Gasteiger partial charge on any atom is -0.298 e.